The maximum atomic E-state index is 12.5. The Balaban J connectivity index is 1.76. The number of likely N-dealkylation sites (tertiary alicyclic amines) is 1. The lowest BCUT2D eigenvalue weighted by Gasteiger charge is -2.31. The number of piperidine rings is 1. The van der Waals surface area contributed by atoms with Gasteiger partial charge in [-0.15, -0.1) is 0 Å². The van der Waals surface area contributed by atoms with Crippen molar-refractivity contribution in [2.45, 2.75) is 26.7 Å². The quantitative estimate of drug-likeness (QED) is 0.752. The summed E-state index contributed by atoms with van der Waals surface area (Å²) in [6, 6.07) is 7.42. The number of benzene rings is 1. The van der Waals surface area contributed by atoms with Gasteiger partial charge in [-0.05, 0) is 50.2 Å². The highest BCUT2D eigenvalue weighted by Gasteiger charge is 2.27. The first-order chi connectivity index (χ1) is 12.0. The molecular weight excluding hydrogens is 382 g/mol. The van der Waals surface area contributed by atoms with E-state index in [1.165, 1.54) is 0 Å². The van der Waals surface area contributed by atoms with Crippen LogP contribution in [0.25, 0.3) is 0 Å². The summed E-state index contributed by atoms with van der Waals surface area (Å²) in [7, 11) is 0. The van der Waals surface area contributed by atoms with E-state index >= 15 is 0 Å². The summed E-state index contributed by atoms with van der Waals surface area (Å²) in [5, 5.41) is 3.04. The zero-order valence-corrected chi connectivity index (χ0v) is 16.7. The zero-order chi connectivity index (χ0) is 18.2. The standard InChI is InChI=1S/C19H28BrN3O2/c1-3-22(4-2)14-11-21-18(24)15-9-12-23(13-10-15)19(25)16-5-7-17(20)8-6-16/h5-8,15H,3-4,9-14H2,1-2H3,(H,21,24). The lowest BCUT2D eigenvalue weighted by Crippen LogP contribution is -2.44. The van der Waals surface area contributed by atoms with E-state index in [4.69, 9.17) is 0 Å². The van der Waals surface area contributed by atoms with Gasteiger partial charge in [0.05, 0.1) is 0 Å². The van der Waals surface area contributed by atoms with E-state index in [1.54, 1.807) is 0 Å². The average Bonchev–Trinajstić information content (AvgIpc) is 2.65. The minimum absolute atomic E-state index is 0.0191. The van der Waals surface area contributed by atoms with Gasteiger partial charge in [0, 0.05) is 42.1 Å². The Morgan fingerprint density at radius 1 is 1.16 bits per heavy atom. The molecule has 1 fully saturated rings. The molecule has 1 aromatic rings. The number of rotatable bonds is 7. The molecule has 25 heavy (non-hydrogen) atoms. The lowest BCUT2D eigenvalue weighted by atomic mass is 9.95. The molecule has 1 saturated heterocycles. The van der Waals surface area contributed by atoms with Gasteiger partial charge in [-0.25, -0.2) is 0 Å². The van der Waals surface area contributed by atoms with Crippen molar-refractivity contribution in [3.05, 3.63) is 34.3 Å². The number of nitrogens with one attached hydrogen (secondary N) is 1. The summed E-state index contributed by atoms with van der Waals surface area (Å²) in [6.45, 7) is 9.13. The number of amides is 2. The smallest absolute Gasteiger partial charge is 0.253 e. The minimum atomic E-state index is 0.0191. The molecule has 0 aromatic heterocycles. The second-order valence-corrected chi connectivity index (χ2v) is 7.31. The fourth-order valence-electron chi connectivity index (χ4n) is 3.14. The van der Waals surface area contributed by atoms with E-state index in [9.17, 15) is 9.59 Å². The summed E-state index contributed by atoms with van der Waals surface area (Å²) in [4.78, 5) is 28.9. The number of nitrogens with zero attached hydrogens (tertiary/aromatic N) is 2. The lowest BCUT2D eigenvalue weighted by molar-refractivity contribution is -0.126. The third-order valence-corrected chi connectivity index (χ3v) is 5.39. The number of hydrogen-bond acceptors (Lipinski definition) is 3. The molecule has 5 nitrogen and oxygen atoms in total. The molecule has 1 aliphatic rings. The van der Waals surface area contributed by atoms with Gasteiger partial charge in [-0.2, -0.15) is 0 Å². The van der Waals surface area contributed by atoms with Crippen molar-refractivity contribution in [1.29, 1.82) is 0 Å². The Morgan fingerprint density at radius 2 is 1.76 bits per heavy atom. The molecule has 1 N–H and O–H groups in total. The largest absolute Gasteiger partial charge is 0.355 e. The fourth-order valence-corrected chi connectivity index (χ4v) is 3.41. The van der Waals surface area contributed by atoms with E-state index in [1.807, 2.05) is 29.2 Å². The number of halogens is 1. The van der Waals surface area contributed by atoms with Crippen molar-refractivity contribution in [1.82, 2.24) is 15.1 Å². The van der Waals surface area contributed by atoms with E-state index in [-0.39, 0.29) is 17.7 Å². The molecule has 0 radical (unpaired) electrons. The maximum absolute atomic E-state index is 12.5. The Morgan fingerprint density at radius 3 is 2.32 bits per heavy atom. The van der Waals surface area contributed by atoms with Crippen molar-refractivity contribution < 1.29 is 9.59 Å². The van der Waals surface area contributed by atoms with Crippen LogP contribution in [0.3, 0.4) is 0 Å². The van der Waals surface area contributed by atoms with E-state index in [0.29, 0.717) is 25.2 Å². The highest BCUT2D eigenvalue weighted by atomic mass is 79.9. The first-order valence-corrected chi connectivity index (χ1v) is 9.89. The van der Waals surface area contributed by atoms with Gasteiger partial charge >= 0.3 is 0 Å². The summed E-state index contributed by atoms with van der Waals surface area (Å²) < 4.78 is 0.962. The molecule has 138 valence electrons. The van der Waals surface area contributed by atoms with Gasteiger partial charge in [-0.3, -0.25) is 9.59 Å². The summed E-state index contributed by atoms with van der Waals surface area (Å²) in [5.74, 6) is 0.196. The summed E-state index contributed by atoms with van der Waals surface area (Å²) in [5.41, 5.74) is 0.699. The van der Waals surface area contributed by atoms with E-state index in [0.717, 1.165) is 36.9 Å². The molecule has 0 unspecified atom stereocenters. The Hall–Kier alpha value is -1.40. The van der Waals surface area contributed by atoms with Crippen molar-refractivity contribution in [3.63, 3.8) is 0 Å². The monoisotopic (exact) mass is 409 g/mol. The number of carbonyl (C=O) groups excluding carboxylic acids is 2. The molecule has 0 bridgehead atoms. The highest BCUT2D eigenvalue weighted by Crippen LogP contribution is 2.20. The number of hydrogen-bond donors (Lipinski definition) is 1. The van der Waals surface area contributed by atoms with Crippen LogP contribution < -0.4 is 5.32 Å². The molecule has 0 atom stereocenters. The van der Waals surface area contributed by atoms with Crippen LogP contribution in [0.1, 0.15) is 37.0 Å². The molecule has 1 heterocycles. The molecule has 0 saturated carbocycles. The van der Waals surface area contributed by atoms with Crippen molar-refractivity contribution >= 4 is 27.7 Å². The van der Waals surface area contributed by atoms with Gasteiger partial charge in [0.1, 0.15) is 0 Å². The Kier molecular flexibility index (Phi) is 7.90. The normalized spacial score (nSPS) is 15.4. The second-order valence-electron chi connectivity index (χ2n) is 6.39. The highest BCUT2D eigenvalue weighted by molar-refractivity contribution is 9.10. The molecule has 1 aromatic carbocycles. The molecule has 1 aliphatic heterocycles. The maximum Gasteiger partial charge on any atom is 0.253 e. The SMILES string of the molecule is CCN(CC)CCNC(=O)C1CCN(C(=O)c2ccc(Br)cc2)CC1. The van der Waals surface area contributed by atoms with Crippen LogP contribution in [0.2, 0.25) is 0 Å². The third kappa shape index (κ3) is 5.82. The van der Waals surface area contributed by atoms with Crippen LogP contribution in [-0.2, 0) is 4.79 Å². The van der Waals surface area contributed by atoms with E-state index in [2.05, 4.69) is 40.0 Å². The second kappa shape index (κ2) is 9.92. The van der Waals surface area contributed by atoms with Crippen molar-refractivity contribution in [2.75, 3.05) is 39.3 Å². The average molecular weight is 410 g/mol. The minimum Gasteiger partial charge on any atom is -0.355 e. The van der Waals surface area contributed by atoms with Gasteiger partial charge in [0.2, 0.25) is 5.91 Å². The summed E-state index contributed by atoms with van der Waals surface area (Å²) >= 11 is 3.38. The predicted octanol–water partition coefficient (Wildman–Crippen LogP) is 2.76. The van der Waals surface area contributed by atoms with Crippen LogP contribution in [-0.4, -0.2) is 60.9 Å². The van der Waals surface area contributed by atoms with Crippen LogP contribution >= 0.6 is 15.9 Å². The van der Waals surface area contributed by atoms with Crippen molar-refractivity contribution in [2.24, 2.45) is 5.92 Å². The van der Waals surface area contributed by atoms with Crippen molar-refractivity contribution in [3.8, 4) is 0 Å². The summed E-state index contributed by atoms with van der Waals surface area (Å²) in [6.07, 6.45) is 1.47. The molecular formula is C19H28BrN3O2. The fraction of sp³-hybridized carbons (Fsp3) is 0.579. The molecule has 0 spiro atoms. The topological polar surface area (TPSA) is 52.7 Å². The van der Waals surface area contributed by atoms with E-state index < -0.39 is 0 Å². The molecule has 2 rings (SSSR count). The molecule has 2 amide bonds. The third-order valence-electron chi connectivity index (χ3n) is 4.87. The molecule has 0 aliphatic carbocycles. The molecule has 6 heteroatoms. The van der Waals surface area contributed by atoms with Crippen LogP contribution in [0.5, 0.6) is 0 Å². The predicted molar refractivity (Wildman–Crippen MR) is 104 cm³/mol. The first-order valence-electron chi connectivity index (χ1n) is 9.10. The Bertz CT molecular complexity index is 565. The van der Waals surface area contributed by atoms with Crippen LogP contribution in [0.4, 0.5) is 0 Å². The van der Waals surface area contributed by atoms with Gasteiger partial charge in [-0.1, -0.05) is 29.8 Å². The van der Waals surface area contributed by atoms with Crippen LogP contribution in [0.15, 0.2) is 28.7 Å². The van der Waals surface area contributed by atoms with Gasteiger partial charge in [0.25, 0.3) is 5.91 Å². The Labute approximate surface area is 158 Å². The first kappa shape index (κ1) is 19.9. The number of carbonyl (C=O) groups is 2. The zero-order valence-electron chi connectivity index (χ0n) is 15.1. The van der Waals surface area contributed by atoms with Crippen LogP contribution in [0, 0.1) is 5.92 Å². The number of likely N-dealkylation sites (N-methyl/N-ethyl adjacent to an activating group) is 1. The van der Waals surface area contributed by atoms with Gasteiger partial charge in [0.15, 0.2) is 0 Å². The van der Waals surface area contributed by atoms with Gasteiger partial charge < -0.3 is 15.1 Å².